The van der Waals surface area contributed by atoms with E-state index in [0.29, 0.717) is 12.2 Å². The van der Waals surface area contributed by atoms with Gasteiger partial charge in [0.15, 0.2) is 0 Å². The number of amides is 1. The van der Waals surface area contributed by atoms with Crippen LogP contribution in [0, 0.1) is 0 Å². The molecule has 1 aromatic carbocycles. The van der Waals surface area contributed by atoms with Crippen LogP contribution >= 0.6 is 11.3 Å². The highest BCUT2D eigenvalue weighted by molar-refractivity contribution is 7.07. The van der Waals surface area contributed by atoms with Crippen LogP contribution in [0.2, 0.25) is 0 Å². The number of carbonyl (C=O) groups is 1. The van der Waals surface area contributed by atoms with Gasteiger partial charge in [-0.2, -0.15) is 5.10 Å². The number of aromatic amines is 1. The Morgan fingerprint density at radius 2 is 2.00 bits per heavy atom. The number of thiazole rings is 1. The maximum atomic E-state index is 13.2. The number of benzene rings is 1. The molecule has 0 saturated carbocycles. The second-order valence-corrected chi connectivity index (χ2v) is 7.27. The molecule has 1 atom stereocenters. The Balaban J connectivity index is 1.54. The molecule has 4 rings (SSSR count). The van der Waals surface area contributed by atoms with E-state index in [1.54, 1.807) is 17.9 Å². The summed E-state index contributed by atoms with van der Waals surface area (Å²) in [7, 11) is 1.89. The van der Waals surface area contributed by atoms with Crippen molar-refractivity contribution < 1.29 is 4.79 Å². The van der Waals surface area contributed by atoms with Gasteiger partial charge in [0, 0.05) is 42.9 Å². The number of hydrogen-bond acceptors (Lipinski definition) is 6. The minimum absolute atomic E-state index is 0.130. The number of anilines is 2. The molecular weight excluding hydrogens is 384 g/mol. The van der Waals surface area contributed by atoms with Gasteiger partial charge < -0.3 is 10.2 Å². The first-order valence-corrected chi connectivity index (χ1v) is 10.1. The fraction of sp³-hybridized carbons (Fsp3) is 0.143. The van der Waals surface area contributed by atoms with Crippen molar-refractivity contribution in [1.82, 2.24) is 20.2 Å². The van der Waals surface area contributed by atoms with Crippen LogP contribution in [0.5, 0.6) is 0 Å². The molecule has 0 aliphatic carbocycles. The number of aromatic nitrogens is 4. The van der Waals surface area contributed by atoms with Crippen LogP contribution in [0.25, 0.3) is 11.3 Å². The molecule has 8 heteroatoms. The second kappa shape index (κ2) is 8.66. The first kappa shape index (κ1) is 18.8. The predicted molar refractivity (Wildman–Crippen MR) is 115 cm³/mol. The van der Waals surface area contributed by atoms with Gasteiger partial charge in [-0.15, -0.1) is 11.3 Å². The molecule has 0 unspecified atom stereocenters. The van der Waals surface area contributed by atoms with Crippen LogP contribution in [-0.2, 0) is 11.2 Å². The molecule has 7 nitrogen and oxygen atoms in total. The van der Waals surface area contributed by atoms with Crippen LogP contribution in [0.3, 0.4) is 0 Å². The van der Waals surface area contributed by atoms with Crippen molar-refractivity contribution in [1.29, 1.82) is 0 Å². The summed E-state index contributed by atoms with van der Waals surface area (Å²) in [5.74, 6) is 1.19. The molecule has 3 aromatic heterocycles. The Labute approximate surface area is 172 Å². The van der Waals surface area contributed by atoms with E-state index in [2.05, 4.69) is 25.5 Å². The van der Waals surface area contributed by atoms with E-state index in [1.807, 2.05) is 65.9 Å². The van der Waals surface area contributed by atoms with Gasteiger partial charge in [0.05, 0.1) is 11.2 Å². The normalized spacial score (nSPS) is 11.8. The maximum absolute atomic E-state index is 13.2. The maximum Gasteiger partial charge on any atom is 0.248 e. The number of H-pyrrole nitrogens is 1. The fourth-order valence-corrected chi connectivity index (χ4v) is 3.63. The Bertz CT molecular complexity index is 1050. The average Bonchev–Trinajstić information content (AvgIpc) is 3.45. The molecule has 0 aliphatic heterocycles. The Hall–Kier alpha value is -3.52. The molecule has 4 aromatic rings. The lowest BCUT2D eigenvalue weighted by molar-refractivity contribution is -0.117. The molecule has 0 saturated heterocycles. The molecule has 0 bridgehead atoms. The Kier molecular flexibility index (Phi) is 5.62. The summed E-state index contributed by atoms with van der Waals surface area (Å²) in [6.07, 6.45) is 3.98. The highest BCUT2D eigenvalue weighted by Crippen LogP contribution is 2.21. The number of hydrogen-bond donors (Lipinski definition) is 2. The van der Waals surface area contributed by atoms with Crippen molar-refractivity contribution in [3.8, 4) is 11.3 Å². The molecule has 0 fully saturated rings. The molecule has 0 spiro atoms. The van der Waals surface area contributed by atoms with Crippen molar-refractivity contribution in [2.45, 2.75) is 12.5 Å². The van der Waals surface area contributed by atoms with E-state index < -0.39 is 6.04 Å². The number of carbonyl (C=O) groups excluding carboxylic acids is 1. The molecular formula is C21H20N6OS. The van der Waals surface area contributed by atoms with Crippen molar-refractivity contribution in [3.63, 3.8) is 0 Å². The van der Waals surface area contributed by atoms with Crippen molar-refractivity contribution >= 4 is 28.9 Å². The molecule has 146 valence electrons. The summed E-state index contributed by atoms with van der Waals surface area (Å²) in [4.78, 5) is 23.4. The van der Waals surface area contributed by atoms with Gasteiger partial charge in [0.1, 0.15) is 17.7 Å². The Morgan fingerprint density at radius 1 is 1.21 bits per heavy atom. The van der Waals surface area contributed by atoms with E-state index in [9.17, 15) is 4.79 Å². The molecule has 0 radical (unpaired) electrons. The van der Waals surface area contributed by atoms with Gasteiger partial charge >= 0.3 is 0 Å². The van der Waals surface area contributed by atoms with Crippen LogP contribution in [-0.4, -0.2) is 39.2 Å². The molecule has 2 N–H and O–H groups in total. The van der Waals surface area contributed by atoms with Crippen molar-refractivity contribution in [2.24, 2.45) is 0 Å². The smallest absolute Gasteiger partial charge is 0.248 e. The number of likely N-dealkylation sites (N-methyl/N-ethyl adjacent to an activating group) is 1. The van der Waals surface area contributed by atoms with E-state index in [-0.39, 0.29) is 5.91 Å². The third kappa shape index (κ3) is 4.49. The lowest BCUT2D eigenvalue weighted by Crippen LogP contribution is -2.44. The summed E-state index contributed by atoms with van der Waals surface area (Å²) in [6, 6.07) is 15.1. The minimum atomic E-state index is -0.424. The lowest BCUT2D eigenvalue weighted by atomic mass is 10.0. The third-order valence-electron chi connectivity index (χ3n) is 4.63. The van der Waals surface area contributed by atoms with Crippen LogP contribution < -0.4 is 10.2 Å². The number of nitrogens with zero attached hydrogens (tertiary/aromatic N) is 4. The van der Waals surface area contributed by atoms with E-state index in [1.165, 1.54) is 11.3 Å². The van der Waals surface area contributed by atoms with Gasteiger partial charge in [-0.25, -0.2) is 4.98 Å². The third-order valence-corrected chi connectivity index (χ3v) is 5.21. The zero-order valence-electron chi connectivity index (χ0n) is 15.8. The van der Waals surface area contributed by atoms with Crippen LogP contribution in [0.1, 0.15) is 5.56 Å². The molecule has 1 amide bonds. The summed E-state index contributed by atoms with van der Waals surface area (Å²) < 4.78 is 0. The first-order valence-electron chi connectivity index (χ1n) is 9.12. The molecule has 3 heterocycles. The monoisotopic (exact) mass is 404 g/mol. The zero-order valence-corrected chi connectivity index (χ0v) is 16.6. The lowest BCUT2D eigenvalue weighted by Gasteiger charge is -2.27. The zero-order chi connectivity index (χ0) is 20.1. The average molecular weight is 404 g/mol. The summed E-state index contributed by atoms with van der Waals surface area (Å²) in [5, 5.41) is 12.1. The summed E-state index contributed by atoms with van der Waals surface area (Å²) in [5.41, 5.74) is 4.52. The SMILES string of the molecule is CN(c1cscn1)[C@@H](Cc1ccccc1)C(=O)Nc1cc(-c2ccncc2)n[nH]1. The van der Waals surface area contributed by atoms with Gasteiger partial charge in [-0.05, 0) is 17.7 Å². The quantitative estimate of drug-likeness (QED) is 0.491. The topological polar surface area (TPSA) is 86.8 Å². The van der Waals surface area contributed by atoms with E-state index in [4.69, 9.17) is 0 Å². The van der Waals surface area contributed by atoms with Crippen LogP contribution in [0.4, 0.5) is 11.6 Å². The van der Waals surface area contributed by atoms with Gasteiger partial charge in [-0.3, -0.25) is 14.9 Å². The van der Waals surface area contributed by atoms with Crippen molar-refractivity contribution in [3.05, 3.63) is 77.4 Å². The Morgan fingerprint density at radius 3 is 2.72 bits per heavy atom. The van der Waals surface area contributed by atoms with E-state index >= 15 is 0 Å². The standard InChI is InChI=1S/C21H20N6OS/c1-27(20-13-29-14-23-20)18(11-15-5-3-2-4-6-15)21(28)24-19-12-17(25-26-19)16-7-9-22-10-8-16/h2-10,12-14,18H,11H2,1H3,(H2,24,25,26,28)/t18-/m0/s1. The summed E-state index contributed by atoms with van der Waals surface area (Å²) in [6.45, 7) is 0. The largest absolute Gasteiger partial charge is 0.347 e. The first-order chi connectivity index (χ1) is 14.2. The highest BCUT2D eigenvalue weighted by Gasteiger charge is 2.25. The van der Waals surface area contributed by atoms with Gasteiger partial charge in [0.25, 0.3) is 0 Å². The predicted octanol–water partition coefficient (Wildman–Crippen LogP) is 3.61. The minimum Gasteiger partial charge on any atom is -0.347 e. The molecule has 0 aliphatic rings. The fourth-order valence-electron chi connectivity index (χ4n) is 3.06. The molecule has 29 heavy (non-hydrogen) atoms. The van der Waals surface area contributed by atoms with E-state index in [0.717, 1.165) is 22.6 Å². The van der Waals surface area contributed by atoms with Crippen LogP contribution in [0.15, 0.2) is 71.8 Å². The van der Waals surface area contributed by atoms with Crippen molar-refractivity contribution in [2.75, 3.05) is 17.3 Å². The number of rotatable bonds is 7. The van der Waals surface area contributed by atoms with Gasteiger partial charge in [0.2, 0.25) is 5.91 Å². The highest BCUT2D eigenvalue weighted by atomic mass is 32.1. The van der Waals surface area contributed by atoms with Gasteiger partial charge in [-0.1, -0.05) is 30.3 Å². The second-order valence-electron chi connectivity index (χ2n) is 6.56. The number of pyridine rings is 1. The summed E-state index contributed by atoms with van der Waals surface area (Å²) >= 11 is 1.50. The number of nitrogens with one attached hydrogen (secondary N) is 2.